The molecule has 1 unspecified atom stereocenters. The molecule has 0 aromatic heterocycles. The molecule has 1 amide bonds. The first-order chi connectivity index (χ1) is 13.2. The van der Waals surface area contributed by atoms with Crippen molar-refractivity contribution in [1.82, 2.24) is 5.32 Å². The normalized spacial score (nSPS) is 13.6. The van der Waals surface area contributed by atoms with Crippen LogP contribution in [0.4, 0.5) is 11.4 Å². The van der Waals surface area contributed by atoms with E-state index in [1.807, 2.05) is 59.5 Å². The molecule has 3 nitrogen and oxygen atoms in total. The van der Waals surface area contributed by atoms with Crippen LogP contribution in [0.5, 0.6) is 0 Å². The van der Waals surface area contributed by atoms with E-state index in [0.717, 1.165) is 27.6 Å². The maximum absolute atomic E-state index is 13.1. The monoisotopic (exact) mass is 374 g/mol. The highest BCUT2D eigenvalue weighted by molar-refractivity contribution is 7.99. The lowest BCUT2D eigenvalue weighted by Gasteiger charge is -2.31. The maximum atomic E-state index is 13.1. The molecule has 1 atom stereocenters. The van der Waals surface area contributed by atoms with Gasteiger partial charge >= 0.3 is 0 Å². The van der Waals surface area contributed by atoms with Gasteiger partial charge in [0.25, 0.3) is 0 Å². The summed E-state index contributed by atoms with van der Waals surface area (Å²) in [6.45, 7) is 2.43. The molecule has 27 heavy (non-hydrogen) atoms. The van der Waals surface area contributed by atoms with Gasteiger partial charge in [-0.25, -0.2) is 0 Å². The van der Waals surface area contributed by atoms with Gasteiger partial charge in [-0.15, -0.1) is 0 Å². The van der Waals surface area contributed by atoms with Crippen LogP contribution in [0.2, 0.25) is 0 Å². The average Bonchev–Trinajstić information content (AvgIpc) is 2.71. The average molecular weight is 375 g/mol. The number of fused-ring (bicyclic) bond motifs is 2. The Labute approximate surface area is 164 Å². The summed E-state index contributed by atoms with van der Waals surface area (Å²) in [6, 6.07) is 26.8. The number of benzene rings is 3. The minimum atomic E-state index is 0.0649. The molecule has 3 aromatic carbocycles. The van der Waals surface area contributed by atoms with Crippen molar-refractivity contribution in [3.05, 3.63) is 84.4 Å². The molecule has 0 aliphatic carbocycles. The van der Waals surface area contributed by atoms with Crippen LogP contribution < -0.4 is 10.2 Å². The third kappa shape index (κ3) is 3.92. The molecule has 136 valence electrons. The van der Waals surface area contributed by atoms with E-state index in [4.69, 9.17) is 0 Å². The van der Waals surface area contributed by atoms with Gasteiger partial charge in [-0.2, -0.15) is 0 Å². The molecule has 0 fully saturated rings. The largest absolute Gasteiger partial charge is 0.306 e. The van der Waals surface area contributed by atoms with Crippen molar-refractivity contribution in [1.29, 1.82) is 0 Å². The summed E-state index contributed by atoms with van der Waals surface area (Å²) >= 11 is 1.72. The molecule has 0 spiro atoms. The second kappa shape index (κ2) is 7.99. The Morgan fingerprint density at radius 2 is 1.44 bits per heavy atom. The molecule has 3 aromatic rings. The zero-order valence-corrected chi connectivity index (χ0v) is 16.1. The van der Waals surface area contributed by atoms with Crippen molar-refractivity contribution in [3.63, 3.8) is 0 Å². The molecule has 4 heteroatoms. The fourth-order valence-corrected chi connectivity index (χ4v) is 4.41. The lowest BCUT2D eigenvalue weighted by atomic mass is 10.1. The smallest absolute Gasteiger partial charge is 0.245 e. The van der Waals surface area contributed by atoms with E-state index < -0.39 is 0 Å². The van der Waals surface area contributed by atoms with Gasteiger partial charge in [0, 0.05) is 15.8 Å². The van der Waals surface area contributed by atoms with Crippen LogP contribution in [0, 0.1) is 0 Å². The van der Waals surface area contributed by atoms with Gasteiger partial charge in [0.15, 0.2) is 0 Å². The van der Waals surface area contributed by atoms with E-state index in [1.165, 1.54) is 5.56 Å². The van der Waals surface area contributed by atoms with E-state index in [0.29, 0.717) is 6.54 Å². The van der Waals surface area contributed by atoms with Gasteiger partial charge in [-0.3, -0.25) is 9.69 Å². The Morgan fingerprint density at radius 3 is 2.07 bits per heavy atom. The lowest BCUT2D eigenvalue weighted by molar-refractivity contribution is -0.117. The van der Waals surface area contributed by atoms with E-state index in [-0.39, 0.29) is 11.9 Å². The number of amides is 1. The van der Waals surface area contributed by atoms with Crippen molar-refractivity contribution < 1.29 is 4.79 Å². The number of nitrogens with one attached hydrogen (secondary N) is 1. The highest BCUT2D eigenvalue weighted by Crippen LogP contribution is 2.47. The van der Waals surface area contributed by atoms with Crippen LogP contribution in [-0.2, 0) is 11.2 Å². The minimum Gasteiger partial charge on any atom is -0.306 e. The first-order valence-corrected chi connectivity index (χ1v) is 10.0. The standard InChI is InChI=1S/C23H22N2OS/c1-17(15-18-9-3-2-4-10-18)24-16-23(26)25-19-11-5-7-13-21(19)27-22-14-8-6-12-20(22)25/h2-14,17,24H,15-16H2,1H3. The van der Waals surface area contributed by atoms with Crippen LogP contribution in [0.1, 0.15) is 12.5 Å². The topological polar surface area (TPSA) is 32.3 Å². The summed E-state index contributed by atoms with van der Waals surface area (Å²) in [4.78, 5) is 17.2. The van der Waals surface area contributed by atoms with Crippen molar-refractivity contribution >= 4 is 29.0 Å². The molecular weight excluding hydrogens is 352 g/mol. The first kappa shape index (κ1) is 17.8. The van der Waals surface area contributed by atoms with E-state index >= 15 is 0 Å². The number of rotatable bonds is 5. The van der Waals surface area contributed by atoms with E-state index in [2.05, 4.69) is 36.5 Å². The van der Waals surface area contributed by atoms with Crippen molar-refractivity contribution in [3.8, 4) is 0 Å². The molecule has 0 radical (unpaired) electrons. The fraction of sp³-hybridized carbons (Fsp3) is 0.174. The Morgan fingerprint density at radius 1 is 0.889 bits per heavy atom. The molecular formula is C23H22N2OS. The second-order valence-electron chi connectivity index (χ2n) is 6.74. The Hall–Kier alpha value is -2.56. The van der Waals surface area contributed by atoms with Crippen molar-refractivity contribution in [2.45, 2.75) is 29.2 Å². The van der Waals surface area contributed by atoms with Crippen LogP contribution in [0.25, 0.3) is 0 Å². The summed E-state index contributed by atoms with van der Waals surface area (Å²) in [5.74, 6) is 0.0649. The molecule has 0 bridgehead atoms. The van der Waals surface area contributed by atoms with Gasteiger partial charge in [0.2, 0.25) is 5.91 Å². The first-order valence-electron chi connectivity index (χ1n) is 9.18. The van der Waals surface area contributed by atoms with Gasteiger partial charge in [-0.1, -0.05) is 66.4 Å². The van der Waals surface area contributed by atoms with Crippen molar-refractivity contribution in [2.24, 2.45) is 0 Å². The molecule has 4 rings (SSSR count). The number of anilines is 2. The predicted octanol–water partition coefficient (Wildman–Crippen LogP) is 5.04. The number of nitrogens with zero attached hydrogens (tertiary/aromatic N) is 1. The third-order valence-corrected chi connectivity index (χ3v) is 5.80. The third-order valence-electron chi connectivity index (χ3n) is 4.67. The zero-order valence-electron chi connectivity index (χ0n) is 15.3. The summed E-state index contributed by atoms with van der Waals surface area (Å²) in [5, 5.41) is 3.39. The van der Waals surface area contributed by atoms with Gasteiger partial charge in [-0.05, 0) is 43.2 Å². The van der Waals surface area contributed by atoms with Crippen molar-refractivity contribution in [2.75, 3.05) is 11.4 Å². The highest BCUT2D eigenvalue weighted by Gasteiger charge is 2.27. The quantitative estimate of drug-likeness (QED) is 0.679. The van der Waals surface area contributed by atoms with Crippen LogP contribution >= 0.6 is 11.8 Å². The fourth-order valence-electron chi connectivity index (χ4n) is 3.35. The summed E-state index contributed by atoms with van der Waals surface area (Å²) in [6.07, 6.45) is 0.900. The predicted molar refractivity (Wildman–Crippen MR) is 112 cm³/mol. The molecule has 1 aliphatic heterocycles. The SMILES string of the molecule is CC(Cc1ccccc1)NCC(=O)N1c2ccccc2Sc2ccccc21. The zero-order chi connectivity index (χ0) is 18.6. The van der Waals surface area contributed by atoms with Gasteiger partial charge in [0.05, 0.1) is 17.9 Å². The van der Waals surface area contributed by atoms with Crippen LogP contribution in [0.3, 0.4) is 0 Å². The van der Waals surface area contributed by atoms with Crippen LogP contribution in [0.15, 0.2) is 88.7 Å². The highest BCUT2D eigenvalue weighted by atomic mass is 32.2. The number of para-hydroxylation sites is 2. The van der Waals surface area contributed by atoms with E-state index in [9.17, 15) is 4.79 Å². The number of hydrogen-bond donors (Lipinski definition) is 1. The molecule has 1 heterocycles. The number of hydrogen-bond acceptors (Lipinski definition) is 3. The van der Waals surface area contributed by atoms with E-state index in [1.54, 1.807) is 11.8 Å². The summed E-state index contributed by atoms with van der Waals surface area (Å²) < 4.78 is 0. The molecule has 1 aliphatic rings. The summed E-state index contributed by atoms with van der Waals surface area (Å²) in [7, 11) is 0. The number of carbonyl (C=O) groups excluding carboxylic acids is 1. The Bertz CT molecular complexity index is 896. The molecule has 0 saturated carbocycles. The Kier molecular flexibility index (Phi) is 5.28. The molecule has 1 N–H and O–H groups in total. The maximum Gasteiger partial charge on any atom is 0.245 e. The molecule has 0 saturated heterocycles. The van der Waals surface area contributed by atoms with Crippen LogP contribution in [-0.4, -0.2) is 18.5 Å². The summed E-state index contributed by atoms with van der Waals surface area (Å²) in [5.41, 5.74) is 3.20. The van der Waals surface area contributed by atoms with Gasteiger partial charge < -0.3 is 5.32 Å². The minimum absolute atomic E-state index is 0.0649. The lowest BCUT2D eigenvalue weighted by Crippen LogP contribution is -2.40. The number of carbonyl (C=O) groups is 1. The Balaban J connectivity index is 1.50. The second-order valence-corrected chi connectivity index (χ2v) is 7.82. The van der Waals surface area contributed by atoms with Gasteiger partial charge in [0.1, 0.15) is 0 Å².